The van der Waals surface area contributed by atoms with E-state index in [2.05, 4.69) is 15.6 Å². The molecule has 7 nitrogen and oxygen atoms in total. The molecule has 146 valence electrons. The van der Waals surface area contributed by atoms with Gasteiger partial charge in [0.25, 0.3) is 11.8 Å². The summed E-state index contributed by atoms with van der Waals surface area (Å²) in [7, 11) is 0. The Morgan fingerprint density at radius 3 is 2.17 bits per heavy atom. The van der Waals surface area contributed by atoms with Gasteiger partial charge in [0.05, 0.1) is 12.2 Å². The fraction of sp³-hybridized carbons (Fsp3) is 0.0909. The van der Waals surface area contributed by atoms with E-state index in [4.69, 9.17) is 4.74 Å². The predicted octanol–water partition coefficient (Wildman–Crippen LogP) is 3.76. The molecule has 0 radical (unpaired) electrons. The number of amides is 2. The van der Waals surface area contributed by atoms with Gasteiger partial charge in [-0.05, 0) is 55.5 Å². The lowest BCUT2D eigenvalue weighted by Gasteiger charge is -2.08. The topological polar surface area (TPSA) is 97.4 Å². The molecule has 0 bridgehead atoms. The third-order valence-electron chi connectivity index (χ3n) is 3.94. The molecule has 1 heterocycles. The maximum Gasteiger partial charge on any atom is 0.338 e. The number of carbonyl (C=O) groups excluding carboxylic acids is 3. The molecular formula is C22H19N3O4. The standard InChI is InChI=1S/C22H19N3O4/c1-2-29-22(28)15-8-10-18(11-9-15)24-20(26)16-12-13-23-19(14-16)21(27)25-17-6-4-3-5-7-17/h3-14H,2H2,1H3,(H,24,26)(H,25,27). The van der Waals surface area contributed by atoms with Crippen molar-refractivity contribution in [2.75, 3.05) is 17.2 Å². The quantitative estimate of drug-likeness (QED) is 0.626. The number of pyridine rings is 1. The van der Waals surface area contributed by atoms with E-state index in [1.807, 2.05) is 6.07 Å². The van der Waals surface area contributed by atoms with Gasteiger partial charge in [0.1, 0.15) is 5.69 Å². The minimum atomic E-state index is -0.423. The third-order valence-corrected chi connectivity index (χ3v) is 3.94. The lowest BCUT2D eigenvalue weighted by Crippen LogP contribution is -2.17. The number of carbonyl (C=O) groups is 3. The number of hydrogen-bond acceptors (Lipinski definition) is 5. The second-order valence-electron chi connectivity index (χ2n) is 6.00. The summed E-state index contributed by atoms with van der Waals surface area (Å²) in [5.41, 5.74) is 1.95. The van der Waals surface area contributed by atoms with Crippen molar-refractivity contribution in [3.63, 3.8) is 0 Å². The first-order chi connectivity index (χ1) is 14.1. The number of nitrogens with zero attached hydrogens (tertiary/aromatic N) is 1. The SMILES string of the molecule is CCOC(=O)c1ccc(NC(=O)c2ccnc(C(=O)Nc3ccccc3)c2)cc1. The summed E-state index contributed by atoms with van der Waals surface area (Å²) >= 11 is 0. The van der Waals surface area contributed by atoms with Crippen LogP contribution in [0.5, 0.6) is 0 Å². The first-order valence-corrected chi connectivity index (χ1v) is 8.98. The van der Waals surface area contributed by atoms with E-state index in [1.165, 1.54) is 18.3 Å². The first kappa shape index (κ1) is 19.8. The Bertz CT molecular complexity index is 1020. The van der Waals surface area contributed by atoms with E-state index in [0.29, 0.717) is 23.5 Å². The largest absolute Gasteiger partial charge is 0.462 e. The third kappa shape index (κ3) is 5.26. The number of benzene rings is 2. The second-order valence-corrected chi connectivity index (χ2v) is 6.00. The van der Waals surface area contributed by atoms with E-state index in [0.717, 1.165) is 0 Å². The number of hydrogen-bond donors (Lipinski definition) is 2. The minimum absolute atomic E-state index is 0.124. The van der Waals surface area contributed by atoms with Gasteiger partial charge in [0.2, 0.25) is 0 Å². The smallest absolute Gasteiger partial charge is 0.338 e. The zero-order chi connectivity index (χ0) is 20.6. The summed E-state index contributed by atoms with van der Waals surface area (Å²) in [5.74, 6) is -1.23. The van der Waals surface area contributed by atoms with E-state index in [1.54, 1.807) is 55.5 Å². The van der Waals surface area contributed by atoms with Crippen molar-refractivity contribution in [2.24, 2.45) is 0 Å². The molecule has 2 amide bonds. The molecule has 0 unspecified atom stereocenters. The molecule has 0 aliphatic rings. The molecule has 0 fully saturated rings. The van der Waals surface area contributed by atoms with E-state index in [9.17, 15) is 14.4 Å². The van der Waals surface area contributed by atoms with Crippen LogP contribution in [0, 0.1) is 0 Å². The van der Waals surface area contributed by atoms with Gasteiger partial charge in [0, 0.05) is 23.1 Å². The van der Waals surface area contributed by atoms with Crippen molar-refractivity contribution in [3.8, 4) is 0 Å². The molecule has 0 saturated carbocycles. The van der Waals surface area contributed by atoms with Crippen molar-refractivity contribution < 1.29 is 19.1 Å². The Labute approximate surface area is 167 Å². The van der Waals surface area contributed by atoms with Gasteiger partial charge in [0.15, 0.2) is 0 Å². The van der Waals surface area contributed by atoms with Crippen LogP contribution in [0.25, 0.3) is 0 Å². The van der Waals surface area contributed by atoms with Crippen LogP contribution in [0.15, 0.2) is 72.9 Å². The molecule has 3 aromatic rings. The van der Waals surface area contributed by atoms with Crippen molar-refractivity contribution in [1.29, 1.82) is 0 Å². The Hall–Kier alpha value is -4.00. The average Bonchev–Trinajstić information content (AvgIpc) is 2.75. The predicted molar refractivity (Wildman–Crippen MR) is 109 cm³/mol. The number of aromatic nitrogens is 1. The summed E-state index contributed by atoms with van der Waals surface area (Å²) in [6, 6.07) is 18.3. The van der Waals surface area contributed by atoms with Crippen molar-refractivity contribution >= 4 is 29.2 Å². The minimum Gasteiger partial charge on any atom is -0.462 e. The summed E-state index contributed by atoms with van der Waals surface area (Å²) in [4.78, 5) is 40.6. The Morgan fingerprint density at radius 1 is 0.828 bits per heavy atom. The van der Waals surface area contributed by atoms with E-state index in [-0.39, 0.29) is 11.3 Å². The maximum absolute atomic E-state index is 12.5. The number of ether oxygens (including phenoxy) is 1. The van der Waals surface area contributed by atoms with Gasteiger partial charge in [-0.3, -0.25) is 14.6 Å². The Kier molecular flexibility index (Phi) is 6.32. The molecular weight excluding hydrogens is 370 g/mol. The van der Waals surface area contributed by atoms with Gasteiger partial charge in [-0.25, -0.2) is 4.79 Å². The van der Waals surface area contributed by atoms with E-state index < -0.39 is 17.8 Å². The van der Waals surface area contributed by atoms with Gasteiger partial charge in [-0.15, -0.1) is 0 Å². The van der Waals surface area contributed by atoms with Crippen LogP contribution >= 0.6 is 0 Å². The number of nitrogens with one attached hydrogen (secondary N) is 2. The number of para-hydroxylation sites is 1. The molecule has 1 aromatic heterocycles. The van der Waals surface area contributed by atoms with Crippen molar-refractivity contribution in [1.82, 2.24) is 4.98 Å². The highest BCUT2D eigenvalue weighted by Crippen LogP contribution is 2.13. The van der Waals surface area contributed by atoms with Gasteiger partial charge < -0.3 is 15.4 Å². The molecule has 0 saturated heterocycles. The van der Waals surface area contributed by atoms with Crippen LogP contribution in [0.1, 0.15) is 38.1 Å². The number of anilines is 2. The highest BCUT2D eigenvalue weighted by molar-refractivity contribution is 6.08. The maximum atomic E-state index is 12.5. The molecule has 0 atom stereocenters. The van der Waals surface area contributed by atoms with Crippen LogP contribution in [0.2, 0.25) is 0 Å². The highest BCUT2D eigenvalue weighted by atomic mass is 16.5. The zero-order valence-electron chi connectivity index (χ0n) is 15.7. The normalized spacial score (nSPS) is 10.1. The highest BCUT2D eigenvalue weighted by Gasteiger charge is 2.13. The Balaban J connectivity index is 1.67. The molecule has 3 rings (SSSR count). The Morgan fingerprint density at radius 2 is 1.48 bits per heavy atom. The lowest BCUT2D eigenvalue weighted by atomic mass is 10.1. The molecule has 2 aromatic carbocycles. The van der Waals surface area contributed by atoms with Crippen molar-refractivity contribution in [3.05, 3.63) is 89.7 Å². The monoisotopic (exact) mass is 389 g/mol. The fourth-order valence-electron chi connectivity index (χ4n) is 2.52. The van der Waals surface area contributed by atoms with Gasteiger partial charge >= 0.3 is 5.97 Å². The summed E-state index contributed by atoms with van der Waals surface area (Å²) in [5, 5.41) is 5.45. The zero-order valence-corrected chi connectivity index (χ0v) is 15.7. The summed E-state index contributed by atoms with van der Waals surface area (Å²) < 4.78 is 4.93. The van der Waals surface area contributed by atoms with E-state index >= 15 is 0 Å². The van der Waals surface area contributed by atoms with Gasteiger partial charge in [-0.1, -0.05) is 18.2 Å². The van der Waals surface area contributed by atoms with Crippen molar-refractivity contribution in [2.45, 2.75) is 6.92 Å². The van der Waals surface area contributed by atoms with Crippen LogP contribution in [0.3, 0.4) is 0 Å². The van der Waals surface area contributed by atoms with Crippen LogP contribution in [0.4, 0.5) is 11.4 Å². The molecule has 0 aliphatic heterocycles. The molecule has 0 aliphatic carbocycles. The lowest BCUT2D eigenvalue weighted by molar-refractivity contribution is 0.0526. The number of esters is 1. The van der Waals surface area contributed by atoms with Crippen LogP contribution < -0.4 is 10.6 Å². The van der Waals surface area contributed by atoms with Crippen LogP contribution in [-0.2, 0) is 4.74 Å². The summed E-state index contributed by atoms with van der Waals surface area (Å²) in [6.07, 6.45) is 1.40. The molecule has 2 N–H and O–H groups in total. The average molecular weight is 389 g/mol. The molecule has 0 spiro atoms. The molecule has 29 heavy (non-hydrogen) atoms. The molecule has 7 heteroatoms. The number of rotatable bonds is 6. The van der Waals surface area contributed by atoms with Crippen LogP contribution in [-0.4, -0.2) is 29.4 Å². The second kappa shape index (κ2) is 9.27. The fourth-order valence-corrected chi connectivity index (χ4v) is 2.52. The summed E-state index contributed by atoms with van der Waals surface area (Å²) in [6.45, 7) is 2.02. The first-order valence-electron chi connectivity index (χ1n) is 8.98. The van der Waals surface area contributed by atoms with Gasteiger partial charge in [-0.2, -0.15) is 0 Å².